The molecule has 6 nitrogen and oxygen atoms in total. The van der Waals surface area contributed by atoms with Crippen molar-refractivity contribution in [2.45, 2.75) is 50.4 Å². The lowest BCUT2D eigenvalue weighted by Crippen LogP contribution is -2.45. The minimum atomic E-state index is -5.04. The molecule has 2 aromatic rings. The molecule has 1 saturated carbocycles. The van der Waals surface area contributed by atoms with Gasteiger partial charge in [-0.3, -0.25) is 9.59 Å². The number of nitrogens with zero attached hydrogens (tertiary/aromatic N) is 1. The third-order valence-electron chi connectivity index (χ3n) is 7.21. The fourth-order valence-electron chi connectivity index (χ4n) is 5.59. The molecule has 3 atom stereocenters. The lowest BCUT2D eigenvalue weighted by Gasteiger charge is -2.31. The van der Waals surface area contributed by atoms with E-state index in [0.717, 1.165) is 0 Å². The third kappa shape index (κ3) is 5.01. The van der Waals surface area contributed by atoms with Crippen LogP contribution < -0.4 is 9.64 Å². The highest BCUT2D eigenvalue weighted by molar-refractivity contribution is 5.98. The van der Waals surface area contributed by atoms with Gasteiger partial charge in [0.1, 0.15) is 11.6 Å². The zero-order valence-corrected chi connectivity index (χ0v) is 21.5. The number of alkyl halides is 3. The Kier molecular flexibility index (Phi) is 7.56. The Bertz CT molecular complexity index is 1240. The molecule has 0 N–H and O–H groups in total. The first kappa shape index (κ1) is 27.6. The molecule has 4 rings (SSSR count). The van der Waals surface area contributed by atoms with Gasteiger partial charge in [-0.1, -0.05) is 12.1 Å². The Morgan fingerprint density at radius 2 is 1.79 bits per heavy atom. The molecule has 38 heavy (non-hydrogen) atoms. The lowest BCUT2D eigenvalue weighted by atomic mass is 9.79. The van der Waals surface area contributed by atoms with E-state index in [1.807, 2.05) is 6.08 Å². The first-order valence-electron chi connectivity index (χ1n) is 12.2. The molecule has 0 bridgehead atoms. The van der Waals surface area contributed by atoms with Gasteiger partial charge in [-0.25, -0.2) is 4.39 Å². The summed E-state index contributed by atoms with van der Waals surface area (Å²) < 4.78 is 70.6. The number of benzene rings is 2. The van der Waals surface area contributed by atoms with Crippen molar-refractivity contribution in [3.63, 3.8) is 0 Å². The largest absolute Gasteiger partial charge is 0.496 e. The van der Waals surface area contributed by atoms with Crippen molar-refractivity contribution in [2.75, 3.05) is 25.7 Å². The number of anilines is 1. The van der Waals surface area contributed by atoms with E-state index in [1.165, 1.54) is 58.4 Å². The molecule has 1 amide bonds. The van der Waals surface area contributed by atoms with Gasteiger partial charge >= 0.3 is 18.1 Å². The van der Waals surface area contributed by atoms with E-state index in [1.54, 1.807) is 12.1 Å². The van der Waals surface area contributed by atoms with Gasteiger partial charge in [-0.15, -0.1) is 0 Å². The quantitative estimate of drug-likeness (QED) is 0.353. The van der Waals surface area contributed by atoms with E-state index in [-0.39, 0.29) is 12.3 Å². The number of esters is 1. The summed E-state index contributed by atoms with van der Waals surface area (Å²) in [6.45, 7) is 3.10. The molecule has 1 fully saturated rings. The van der Waals surface area contributed by atoms with Crippen LogP contribution in [0.15, 0.2) is 48.5 Å². The van der Waals surface area contributed by atoms with Crippen molar-refractivity contribution in [2.24, 2.45) is 5.92 Å². The minimum Gasteiger partial charge on any atom is -0.496 e. The summed E-state index contributed by atoms with van der Waals surface area (Å²) in [7, 11) is 2.75. The van der Waals surface area contributed by atoms with Crippen molar-refractivity contribution in [3.05, 3.63) is 65.5 Å². The van der Waals surface area contributed by atoms with Crippen molar-refractivity contribution in [1.82, 2.24) is 0 Å². The van der Waals surface area contributed by atoms with Crippen LogP contribution in [0.1, 0.15) is 43.7 Å². The van der Waals surface area contributed by atoms with Crippen LogP contribution in [0, 0.1) is 11.7 Å². The SMILES string of the molecule is COC(=O)[C@H]1CC[C@@]2(C=C(c3cc(N(C(=O)C(F)(F)F)C(C)C)ccc3OC)CO2)[C@@H]1c1ccc(F)cc1. The van der Waals surface area contributed by atoms with Crippen molar-refractivity contribution < 1.29 is 41.4 Å². The van der Waals surface area contributed by atoms with Crippen LogP contribution in [0.3, 0.4) is 0 Å². The topological polar surface area (TPSA) is 65.1 Å². The molecule has 0 radical (unpaired) electrons. The van der Waals surface area contributed by atoms with E-state index in [2.05, 4.69) is 0 Å². The van der Waals surface area contributed by atoms with Gasteiger partial charge in [0.2, 0.25) is 0 Å². The number of hydrogen-bond donors (Lipinski definition) is 0. The van der Waals surface area contributed by atoms with Crippen molar-refractivity contribution >= 4 is 23.1 Å². The molecule has 1 aliphatic heterocycles. The summed E-state index contributed by atoms with van der Waals surface area (Å²) in [6.07, 6.45) is -2.22. The summed E-state index contributed by atoms with van der Waals surface area (Å²) in [5, 5.41) is 0. The first-order valence-corrected chi connectivity index (χ1v) is 12.2. The Labute approximate surface area is 218 Å². The molecule has 0 saturated heterocycles. The molecular weight excluding hydrogens is 506 g/mol. The Hall–Kier alpha value is -3.40. The summed E-state index contributed by atoms with van der Waals surface area (Å²) in [4.78, 5) is 25.6. The molecule has 10 heteroatoms. The average molecular weight is 536 g/mol. The van der Waals surface area contributed by atoms with Crippen LogP contribution in [0.5, 0.6) is 5.75 Å². The van der Waals surface area contributed by atoms with Gasteiger partial charge in [-0.2, -0.15) is 13.2 Å². The number of carbonyl (C=O) groups excluding carboxylic acids is 2. The maximum absolute atomic E-state index is 13.7. The maximum Gasteiger partial charge on any atom is 0.471 e. The van der Waals surface area contributed by atoms with Crippen LogP contribution in [0.2, 0.25) is 0 Å². The predicted octanol–water partition coefficient (Wildman–Crippen LogP) is 5.66. The average Bonchev–Trinajstić information content (AvgIpc) is 3.47. The number of methoxy groups -OCH3 is 2. The van der Waals surface area contributed by atoms with E-state index in [4.69, 9.17) is 14.2 Å². The highest BCUT2D eigenvalue weighted by Crippen LogP contribution is 2.54. The zero-order valence-electron chi connectivity index (χ0n) is 21.5. The highest BCUT2D eigenvalue weighted by atomic mass is 19.4. The standard InChI is InChI=1S/C28H29F4NO5/c1-16(2)33(26(35)28(30,31)32)20-9-10-23(36-3)22(13-20)18-14-27(38-15-18)12-11-21(25(34)37-4)24(27)17-5-7-19(29)8-6-17/h5-10,13-14,16,21,24H,11-12,15H2,1-4H3/t21-,24+,27+/m0/s1. The molecule has 0 unspecified atom stereocenters. The molecule has 1 aliphatic carbocycles. The second-order valence-corrected chi connectivity index (χ2v) is 9.76. The number of hydrogen-bond acceptors (Lipinski definition) is 5. The Balaban J connectivity index is 1.79. The van der Waals surface area contributed by atoms with Crippen LogP contribution in [0.25, 0.3) is 5.57 Å². The molecular formula is C28H29F4NO5. The van der Waals surface area contributed by atoms with Gasteiger partial charge < -0.3 is 19.1 Å². The second kappa shape index (κ2) is 10.4. The molecule has 204 valence electrons. The predicted molar refractivity (Wildman–Crippen MR) is 132 cm³/mol. The molecule has 1 spiro atoms. The number of carbonyl (C=O) groups is 2. The van der Waals surface area contributed by atoms with E-state index in [0.29, 0.717) is 40.2 Å². The molecule has 1 heterocycles. The van der Waals surface area contributed by atoms with Gasteiger partial charge in [0.15, 0.2) is 0 Å². The van der Waals surface area contributed by atoms with Crippen molar-refractivity contribution in [1.29, 1.82) is 0 Å². The third-order valence-corrected chi connectivity index (χ3v) is 7.21. The molecule has 2 aliphatic rings. The van der Waals surface area contributed by atoms with Crippen LogP contribution in [-0.4, -0.2) is 50.5 Å². The second-order valence-electron chi connectivity index (χ2n) is 9.76. The minimum absolute atomic E-state index is 0.0638. The maximum atomic E-state index is 13.7. The number of halogens is 4. The normalized spacial score (nSPS) is 23.0. The van der Waals surface area contributed by atoms with Gasteiger partial charge in [0.25, 0.3) is 0 Å². The summed E-state index contributed by atoms with van der Waals surface area (Å²) >= 11 is 0. The Morgan fingerprint density at radius 3 is 2.37 bits per heavy atom. The smallest absolute Gasteiger partial charge is 0.471 e. The van der Waals surface area contributed by atoms with Crippen LogP contribution in [-0.2, 0) is 19.1 Å². The molecule has 0 aromatic heterocycles. The van der Waals surface area contributed by atoms with Crippen molar-refractivity contribution in [3.8, 4) is 5.75 Å². The number of ether oxygens (including phenoxy) is 3. The van der Waals surface area contributed by atoms with Gasteiger partial charge in [-0.05, 0) is 74.2 Å². The lowest BCUT2D eigenvalue weighted by molar-refractivity contribution is -0.170. The van der Waals surface area contributed by atoms with Gasteiger partial charge in [0, 0.05) is 23.2 Å². The van der Waals surface area contributed by atoms with Crippen LogP contribution in [0.4, 0.5) is 23.2 Å². The summed E-state index contributed by atoms with van der Waals surface area (Å²) in [6, 6.07) is 9.51. The van der Waals surface area contributed by atoms with E-state index >= 15 is 0 Å². The van der Waals surface area contributed by atoms with Gasteiger partial charge in [0.05, 0.1) is 32.3 Å². The first-order chi connectivity index (χ1) is 17.9. The summed E-state index contributed by atoms with van der Waals surface area (Å²) in [5.74, 6) is -3.39. The number of rotatable bonds is 6. The Morgan fingerprint density at radius 1 is 1.11 bits per heavy atom. The molecule has 2 aromatic carbocycles. The monoisotopic (exact) mass is 535 g/mol. The van der Waals surface area contributed by atoms with Crippen LogP contribution >= 0.6 is 0 Å². The zero-order chi connectivity index (χ0) is 27.8. The highest BCUT2D eigenvalue weighted by Gasteiger charge is 2.54. The van der Waals surface area contributed by atoms with E-state index in [9.17, 15) is 27.2 Å². The fraction of sp³-hybridized carbons (Fsp3) is 0.429. The summed E-state index contributed by atoms with van der Waals surface area (Å²) in [5.41, 5.74) is 0.964. The number of amides is 1. The fourth-order valence-corrected chi connectivity index (χ4v) is 5.59. The van der Waals surface area contributed by atoms with E-state index < -0.39 is 47.3 Å².